The van der Waals surface area contributed by atoms with Crippen molar-refractivity contribution < 1.29 is 13.9 Å². The molecular formula is C24H21FN8O2. The number of nitrogens with zero attached hydrogens (tertiary/aromatic N) is 4. The van der Waals surface area contributed by atoms with Gasteiger partial charge in [-0.3, -0.25) is 5.32 Å². The van der Waals surface area contributed by atoms with Gasteiger partial charge >= 0.3 is 0 Å². The van der Waals surface area contributed by atoms with Crippen molar-refractivity contribution in [1.29, 1.82) is 10.5 Å². The summed E-state index contributed by atoms with van der Waals surface area (Å²) < 4.78 is 25.2. The standard InChI is InChI=1S/C24H21FN8O2/c1-2-34-18-9-14(6-7-17(18)35-11-13-4-3-5-15(25)8-13)21-19-20(28)16(10-26)22(29)32-23(19)33-24(31-21)30-12-27/h3-9,21H,2,11H2,1H3,(H6,28,29,30,31,32,33). The van der Waals surface area contributed by atoms with Crippen LogP contribution in [-0.2, 0) is 6.61 Å². The number of hydrogen-bond donors (Lipinski definition) is 4. The molecule has 1 atom stereocenters. The normalized spacial score (nSPS) is 13.9. The van der Waals surface area contributed by atoms with Crippen molar-refractivity contribution in [3.8, 4) is 23.8 Å². The maximum absolute atomic E-state index is 13.5. The number of hydrogen-bond acceptors (Lipinski definition) is 10. The number of anilines is 3. The van der Waals surface area contributed by atoms with E-state index in [1.165, 1.54) is 12.1 Å². The van der Waals surface area contributed by atoms with Crippen LogP contribution in [0.5, 0.6) is 11.5 Å². The van der Waals surface area contributed by atoms with Crippen LogP contribution in [0.25, 0.3) is 0 Å². The average Bonchev–Trinajstić information content (AvgIpc) is 2.83. The first-order valence-electron chi connectivity index (χ1n) is 10.6. The Labute approximate surface area is 200 Å². The lowest BCUT2D eigenvalue weighted by Crippen LogP contribution is -2.32. The van der Waals surface area contributed by atoms with E-state index in [0.29, 0.717) is 34.8 Å². The van der Waals surface area contributed by atoms with Crippen LogP contribution in [0.1, 0.15) is 35.2 Å². The first-order chi connectivity index (χ1) is 16.9. The van der Waals surface area contributed by atoms with Gasteiger partial charge < -0.3 is 26.3 Å². The van der Waals surface area contributed by atoms with Gasteiger partial charge in [0, 0.05) is 5.56 Å². The van der Waals surface area contributed by atoms with E-state index < -0.39 is 6.04 Å². The summed E-state index contributed by atoms with van der Waals surface area (Å²) in [5.74, 6) is 0.929. The Bertz CT molecular complexity index is 1390. The van der Waals surface area contributed by atoms with Gasteiger partial charge in [-0.15, -0.1) is 0 Å². The van der Waals surface area contributed by atoms with Crippen molar-refractivity contribution >= 4 is 23.3 Å². The first kappa shape index (κ1) is 23.1. The number of pyridine rings is 1. The summed E-state index contributed by atoms with van der Waals surface area (Å²) >= 11 is 0. The zero-order valence-electron chi connectivity index (χ0n) is 18.7. The molecule has 1 aliphatic rings. The van der Waals surface area contributed by atoms with Crippen LogP contribution in [0.2, 0.25) is 0 Å². The number of guanidine groups is 1. The Balaban J connectivity index is 1.75. The van der Waals surface area contributed by atoms with Crippen molar-refractivity contribution in [1.82, 2.24) is 10.3 Å². The summed E-state index contributed by atoms with van der Waals surface area (Å²) in [6, 6.07) is 12.6. The van der Waals surface area contributed by atoms with Gasteiger partial charge in [-0.25, -0.2) is 14.4 Å². The molecule has 2 heterocycles. The van der Waals surface area contributed by atoms with Gasteiger partial charge in [-0.2, -0.15) is 10.5 Å². The number of nitrogens with two attached hydrogens (primary N) is 2. The molecule has 10 nitrogen and oxygen atoms in total. The van der Waals surface area contributed by atoms with Crippen molar-refractivity contribution in [3.05, 3.63) is 70.5 Å². The molecule has 1 unspecified atom stereocenters. The van der Waals surface area contributed by atoms with E-state index in [1.807, 2.05) is 19.2 Å². The maximum atomic E-state index is 13.5. The maximum Gasteiger partial charge on any atom is 0.211 e. The van der Waals surface area contributed by atoms with Crippen LogP contribution in [0.3, 0.4) is 0 Å². The highest BCUT2D eigenvalue weighted by Gasteiger charge is 2.30. The lowest BCUT2D eigenvalue weighted by Gasteiger charge is -2.26. The molecule has 1 aliphatic heterocycles. The summed E-state index contributed by atoms with van der Waals surface area (Å²) in [7, 11) is 0. The lowest BCUT2D eigenvalue weighted by molar-refractivity contribution is 0.268. The molecule has 4 rings (SSSR count). The van der Waals surface area contributed by atoms with Gasteiger partial charge in [0.1, 0.15) is 41.7 Å². The third kappa shape index (κ3) is 4.70. The molecule has 0 saturated carbocycles. The first-order valence-corrected chi connectivity index (χ1v) is 10.6. The fraction of sp³-hybridized carbons (Fsp3) is 0.167. The number of nitriles is 2. The second-order valence-corrected chi connectivity index (χ2v) is 7.46. The van der Waals surface area contributed by atoms with Crippen LogP contribution in [0.4, 0.5) is 21.7 Å². The number of nitrogen functional groups attached to an aromatic ring is 2. The predicted octanol–water partition coefficient (Wildman–Crippen LogP) is 3.18. The number of aliphatic imine (C=N–C) groups is 1. The van der Waals surface area contributed by atoms with Crippen molar-refractivity contribution in [3.63, 3.8) is 0 Å². The summed E-state index contributed by atoms with van der Waals surface area (Å²) in [6.07, 6.45) is 1.81. The smallest absolute Gasteiger partial charge is 0.211 e. The van der Waals surface area contributed by atoms with E-state index >= 15 is 0 Å². The zero-order chi connectivity index (χ0) is 24.9. The Morgan fingerprint density at radius 2 is 1.97 bits per heavy atom. The monoisotopic (exact) mass is 472 g/mol. The molecule has 0 spiro atoms. The van der Waals surface area contributed by atoms with Crippen molar-refractivity contribution in [2.75, 3.05) is 23.4 Å². The SMILES string of the molecule is CCOc1cc(C2N=C(NC#N)Nc3nc(N)c(C#N)c(N)c32)ccc1OCc1cccc(F)c1. The molecule has 176 valence electrons. The molecule has 3 aromatic rings. The minimum absolute atomic E-state index is 0.0377. The number of ether oxygens (including phenoxy) is 2. The Hall–Kier alpha value is -5.03. The minimum Gasteiger partial charge on any atom is -0.490 e. The zero-order valence-corrected chi connectivity index (χ0v) is 18.7. The molecule has 0 saturated heterocycles. The van der Waals surface area contributed by atoms with Gasteiger partial charge in [-0.05, 0) is 42.3 Å². The van der Waals surface area contributed by atoms with E-state index in [9.17, 15) is 9.65 Å². The van der Waals surface area contributed by atoms with E-state index in [2.05, 4.69) is 20.6 Å². The molecule has 0 aliphatic carbocycles. The molecule has 0 fully saturated rings. The number of rotatable bonds is 6. The van der Waals surface area contributed by atoms with Crippen molar-refractivity contribution in [2.45, 2.75) is 19.6 Å². The van der Waals surface area contributed by atoms with E-state index in [-0.39, 0.29) is 41.3 Å². The molecule has 6 N–H and O–H groups in total. The van der Waals surface area contributed by atoms with Gasteiger partial charge in [-0.1, -0.05) is 18.2 Å². The van der Waals surface area contributed by atoms with E-state index in [0.717, 1.165) is 0 Å². The van der Waals surface area contributed by atoms with Gasteiger partial charge in [0.05, 0.1) is 12.3 Å². The highest BCUT2D eigenvalue weighted by Crippen LogP contribution is 2.42. The highest BCUT2D eigenvalue weighted by atomic mass is 19.1. The number of halogens is 1. The van der Waals surface area contributed by atoms with Crippen LogP contribution >= 0.6 is 0 Å². The number of benzene rings is 2. The quantitative estimate of drug-likeness (QED) is 0.311. The molecule has 0 bridgehead atoms. The summed E-state index contributed by atoms with van der Waals surface area (Å²) in [6.45, 7) is 2.34. The summed E-state index contributed by atoms with van der Waals surface area (Å²) in [5, 5.41) is 23.9. The largest absolute Gasteiger partial charge is 0.490 e. The summed E-state index contributed by atoms with van der Waals surface area (Å²) in [5.41, 5.74) is 14.1. The second kappa shape index (κ2) is 9.85. The number of fused-ring (bicyclic) bond motifs is 1. The Morgan fingerprint density at radius 1 is 1.14 bits per heavy atom. The second-order valence-electron chi connectivity index (χ2n) is 7.46. The third-order valence-electron chi connectivity index (χ3n) is 5.22. The third-order valence-corrected chi connectivity index (χ3v) is 5.22. The summed E-state index contributed by atoms with van der Waals surface area (Å²) in [4.78, 5) is 8.79. The van der Waals surface area contributed by atoms with Gasteiger partial charge in [0.2, 0.25) is 5.96 Å². The lowest BCUT2D eigenvalue weighted by atomic mass is 9.95. The molecule has 35 heavy (non-hydrogen) atoms. The molecule has 0 radical (unpaired) electrons. The molecule has 1 aromatic heterocycles. The predicted molar refractivity (Wildman–Crippen MR) is 128 cm³/mol. The fourth-order valence-corrected chi connectivity index (χ4v) is 3.69. The minimum atomic E-state index is -0.723. The topological polar surface area (TPSA) is 167 Å². The van der Waals surface area contributed by atoms with Crippen molar-refractivity contribution in [2.24, 2.45) is 4.99 Å². The Morgan fingerprint density at radius 3 is 2.69 bits per heavy atom. The average molecular weight is 472 g/mol. The molecule has 0 amide bonds. The number of nitrogens with one attached hydrogen (secondary N) is 2. The van der Waals surface area contributed by atoms with Crippen LogP contribution in [0.15, 0.2) is 47.5 Å². The number of aromatic nitrogens is 1. The van der Waals surface area contributed by atoms with E-state index in [1.54, 1.807) is 30.3 Å². The molecule has 2 aromatic carbocycles. The fourth-order valence-electron chi connectivity index (χ4n) is 3.69. The van der Waals surface area contributed by atoms with Gasteiger partial charge in [0.25, 0.3) is 0 Å². The van der Waals surface area contributed by atoms with Gasteiger partial charge in [0.15, 0.2) is 17.7 Å². The Kier molecular flexibility index (Phi) is 6.51. The van der Waals surface area contributed by atoms with Crippen LogP contribution in [0, 0.1) is 28.6 Å². The van der Waals surface area contributed by atoms with E-state index in [4.69, 9.17) is 26.2 Å². The molecule has 11 heteroatoms. The van der Waals surface area contributed by atoms with Crippen LogP contribution in [-0.4, -0.2) is 17.6 Å². The highest BCUT2D eigenvalue weighted by molar-refractivity contribution is 5.98. The molecular weight excluding hydrogens is 451 g/mol. The van der Waals surface area contributed by atoms with Crippen LogP contribution < -0.4 is 31.6 Å².